The van der Waals surface area contributed by atoms with Gasteiger partial charge in [0.15, 0.2) is 0 Å². The van der Waals surface area contributed by atoms with Gasteiger partial charge in [0, 0.05) is 32.8 Å². The largest absolute Gasteiger partial charge is 0.456 e. The number of rotatable bonds is 8. The zero-order chi connectivity index (χ0) is 37.7. The van der Waals surface area contributed by atoms with Crippen molar-refractivity contribution >= 4 is 73.9 Å². The van der Waals surface area contributed by atoms with Gasteiger partial charge < -0.3 is 8.98 Å². The number of amidine groups is 1. The summed E-state index contributed by atoms with van der Waals surface area (Å²) in [5.41, 5.74) is 12.4. The zero-order valence-electron chi connectivity index (χ0n) is 31.2. The van der Waals surface area contributed by atoms with Crippen molar-refractivity contribution in [1.29, 1.82) is 0 Å². The van der Waals surface area contributed by atoms with E-state index in [1.54, 1.807) is 0 Å². The average Bonchev–Trinajstić information content (AvgIpc) is 3.96. The van der Waals surface area contributed by atoms with E-state index >= 15 is 0 Å². The molecule has 5 nitrogen and oxygen atoms in total. The number of fused-ring (bicyclic) bond motifs is 6. The zero-order valence-corrected chi connectivity index (χ0v) is 32.3. The molecule has 57 heavy (non-hydrogen) atoms. The van der Waals surface area contributed by atoms with Gasteiger partial charge in [-0.2, -0.15) is 0 Å². The van der Waals surface area contributed by atoms with Crippen LogP contribution in [0.1, 0.15) is 22.9 Å². The van der Waals surface area contributed by atoms with E-state index in [1.807, 2.05) is 18.2 Å². The lowest BCUT2D eigenvalue weighted by Crippen LogP contribution is -2.51. The third-order valence-corrected chi connectivity index (χ3v) is 14.5. The van der Waals surface area contributed by atoms with Crippen LogP contribution in [0.3, 0.4) is 0 Å². The fourth-order valence-electron chi connectivity index (χ4n) is 8.67. The van der Waals surface area contributed by atoms with E-state index in [9.17, 15) is 0 Å². The van der Waals surface area contributed by atoms with E-state index in [0.29, 0.717) is 6.54 Å². The van der Waals surface area contributed by atoms with Gasteiger partial charge >= 0.3 is 0 Å². The normalized spacial score (nSPS) is 14.4. The molecule has 0 radical (unpaired) electrons. The molecule has 11 rings (SSSR count). The number of hydrazine groups is 1. The number of furan rings is 1. The molecule has 3 heterocycles. The lowest BCUT2D eigenvalue weighted by Gasteiger charge is -2.22. The monoisotopic (exact) mass is 750 g/mol. The fourth-order valence-corrected chi connectivity index (χ4v) is 11.7. The standard InChI is InChI=1S/C51H38N4OSi/c1-5-15-36(16-6-1)50-52-51(37-17-7-2-8-18-37)54(53-50)34-35-25-27-38(28-26-35)55-46-30-29-41(57(39-19-9-3-10-20-39)40-21-11-4-12-22-40)31-43(46)44-33-49-45(32-47(44)55)42-23-13-14-24-48(42)56-49/h1-33,50,53,57H,34H2. The number of hydrogen-bond acceptors (Lipinski definition) is 4. The summed E-state index contributed by atoms with van der Waals surface area (Å²) in [6.07, 6.45) is -0.148. The first kappa shape index (κ1) is 33.4. The van der Waals surface area contributed by atoms with E-state index < -0.39 is 8.80 Å². The third kappa shape index (κ3) is 5.94. The third-order valence-electron chi connectivity index (χ3n) is 11.4. The molecule has 1 N–H and O–H groups in total. The molecule has 0 saturated carbocycles. The second kappa shape index (κ2) is 13.9. The second-order valence-corrected chi connectivity index (χ2v) is 17.7. The first-order valence-electron chi connectivity index (χ1n) is 19.6. The molecule has 0 aliphatic carbocycles. The van der Waals surface area contributed by atoms with Crippen LogP contribution in [0.2, 0.25) is 0 Å². The maximum atomic E-state index is 6.48. The van der Waals surface area contributed by atoms with Crippen molar-refractivity contribution in [2.75, 3.05) is 0 Å². The number of nitrogens with zero attached hydrogens (tertiary/aromatic N) is 3. The van der Waals surface area contributed by atoms with E-state index in [-0.39, 0.29) is 6.17 Å². The summed E-state index contributed by atoms with van der Waals surface area (Å²) in [6, 6.07) is 72.1. The number of hydrogen-bond donors (Lipinski definition) is 1. The van der Waals surface area contributed by atoms with Crippen LogP contribution in [0, 0.1) is 0 Å². The van der Waals surface area contributed by atoms with Crippen molar-refractivity contribution in [3.8, 4) is 5.69 Å². The molecule has 1 unspecified atom stereocenters. The Kier molecular flexibility index (Phi) is 8.16. The van der Waals surface area contributed by atoms with Gasteiger partial charge in [-0.3, -0.25) is 5.01 Å². The predicted octanol–water partition coefficient (Wildman–Crippen LogP) is 9.40. The lowest BCUT2D eigenvalue weighted by molar-refractivity contribution is 0.293. The highest BCUT2D eigenvalue weighted by Crippen LogP contribution is 2.38. The van der Waals surface area contributed by atoms with Gasteiger partial charge in [-0.25, -0.2) is 10.4 Å². The Labute approximate surface area is 332 Å². The predicted molar refractivity (Wildman–Crippen MR) is 238 cm³/mol. The number of nitrogens with one attached hydrogen (secondary N) is 1. The van der Waals surface area contributed by atoms with Gasteiger partial charge in [-0.1, -0.05) is 179 Å². The van der Waals surface area contributed by atoms with Crippen molar-refractivity contribution in [1.82, 2.24) is 15.0 Å². The molecular formula is C51H38N4OSi. The van der Waals surface area contributed by atoms with Crippen LogP contribution in [0.5, 0.6) is 0 Å². The summed E-state index contributed by atoms with van der Waals surface area (Å²) in [4.78, 5) is 5.16. The highest BCUT2D eigenvalue weighted by Gasteiger charge is 2.27. The van der Waals surface area contributed by atoms with E-state index in [0.717, 1.165) is 50.1 Å². The van der Waals surface area contributed by atoms with Crippen molar-refractivity contribution in [2.45, 2.75) is 12.7 Å². The van der Waals surface area contributed by atoms with Gasteiger partial charge in [-0.05, 0) is 47.5 Å². The van der Waals surface area contributed by atoms with Crippen LogP contribution in [0.4, 0.5) is 0 Å². The van der Waals surface area contributed by atoms with Crippen molar-refractivity contribution in [3.63, 3.8) is 0 Å². The molecule has 0 saturated heterocycles. The number of para-hydroxylation sites is 1. The minimum atomic E-state index is -1.76. The molecule has 1 atom stereocenters. The Balaban J connectivity index is 1.03. The van der Waals surface area contributed by atoms with Gasteiger partial charge in [0.25, 0.3) is 0 Å². The van der Waals surface area contributed by atoms with Crippen LogP contribution in [0.25, 0.3) is 49.4 Å². The molecule has 1 aliphatic heterocycles. The van der Waals surface area contributed by atoms with Crippen LogP contribution in [0.15, 0.2) is 210 Å². The number of aromatic nitrogens is 1. The highest BCUT2D eigenvalue weighted by molar-refractivity contribution is 6.95. The van der Waals surface area contributed by atoms with Crippen molar-refractivity contribution in [2.24, 2.45) is 4.99 Å². The second-order valence-electron chi connectivity index (χ2n) is 14.8. The van der Waals surface area contributed by atoms with E-state index in [2.05, 4.69) is 197 Å². The first-order valence-corrected chi connectivity index (χ1v) is 21.3. The molecule has 10 aromatic rings. The first-order chi connectivity index (χ1) is 28.2. The van der Waals surface area contributed by atoms with Crippen LogP contribution in [-0.2, 0) is 6.54 Å². The molecule has 6 heteroatoms. The van der Waals surface area contributed by atoms with E-state index in [4.69, 9.17) is 9.41 Å². The Hall–Kier alpha value is -6.99. The highest BCUT2D eigenvalue weighted by atomic mass is 28.3. The van der Waals surface area contributed by atoms with E-state index in [1.165, 1.54) is 37.4 Å². The average molecular weight is 751 g/mol. The number of benzene rings is 8. The topological polar surface area (TPSA) is 45.7 Å². The summed E-state index contributed by atoms with van der Waals surface area (Å²) < 4.78 is 8.90. The number of aliphatic imine (C=N–C) groups is 1. The Bertz CT molecular complexity index is 3030. The fraction of sp³-hybridized carbons (Fsp3) is 0.0392. The maximum absolute atomic E-state index is 6.48. The summed E-state index contributed by atoms with van der Waals surface area (Å²) in [6.45, 7) is 0.667. The van der Waals surface area contributed by atoms with Gasteiger partial charge in [0.1, 0.15) is 32.0 Å². The molecule has 0 amide bonds. The minimum Gasteiger partial charge on any atom is -0.456 e. The molecule has 272 valence electrons. The van der Waals surface area contributed by atoms with Crippen molar-refractivity contribution in [3.05, 3.63) is 217 Å². The van der Waals surface area contributed by atoms with Gasteiger partial charge in [0.05, 0.1) is 17.6 Å². The SMILES string of the molecule is c1ccc(C2=NC(c3ccccc3)NN2Cc2ccc(-n3c4ccc([SiH](c5ccccc5)c5ccccc5)cc4c4cc5oc6ccccc6c5cc43)cc2)cc1. The van der Waals surface area contributed by atoms with Gasteiger partial charge in [-0.15, -0.1) is 0 Å². The van der Waals surface area contributed by atoms with Crippen molar-refractivity contribution < 1.29 is 4.42 Å². The Morgan fingerprint density at radius 3 is 1.86 bits per heavy atom. The lowest BCUT2D eigenvalue weighted by atomic mass is 10.1. The molecule has 2 aromatic heterocycles. The quantitative estimate of drug-likeness (QED) is 0.124. The minimum absolute atomic E-state index is 0.148. The smallest absolute Gasteiger partial charge is 0.147 e. The Morgan fingerprint density at radius 1 is 0.509 bits per heavy atom. The molecule has 0 bridgehead atoms. The van der Waals surface area contributed by atoms with Gasteiger partial charge in [0.2, 0.25) is 0 Å². The molecule has 1 aliphatic rings. The summed E-state index contributed by atoms with van der Waals surface area (Å²) in [7, 11) is -1.76. The molecule has 8 aromatic carbocycles. The summed E-state index contributed by atoms with van der Waals surface area (Å²) in [5, 5.41) is 11.1. The summed E-state index contributed by atoms with van der Waals surface area (Å²) in [5.74, 6) is 0.941. The molecular weight excluding hydrogens is 713 g/mol. The van der Waals surface area contributed by atoms with Crippen LogP contribution >= 0.6 is 0 Å². The summed E-state index contributed by atoms with van der Waals surface area (Å²) >= 11 is 0. The van der Waals surface area contributed by atoms with Crippen LogP contribution < -0.4 is 21.0 Å². The van der Waals surface area contributed by atoms with Crippen LogP contribution in [-0.4, -0.2) is 24.2 Å². The Morgan fingerprint density at radius 2 is 1.14 bits per heavy atom. The molecule has 0 fully saturated rings. The molecule has 0 spiro atoms. The maximum Gasteiger partial charge on any atom is 0.147 e.